The predicted octanol–water partition coefficient (Wildman–Crippen LogP) is 3.66. The van der Waals surface area contributed by atoms with Gasteiger partial charge >= 0.3 is 0 Å². The third-order valence-corrected chi connectivity index (χ3v) is 11.6. The Bertz CT molecular complexity index is 1330. The first-order valence-corrected chi connectivity index (χ1v) is 18.3. The highest BCUT2D eigenvalue weighted by Crippen LogP contribution is 2.65. The number of piperidine rings is 1. The minimum absolute atomic E-state index is 0.0805. The third-order valence-electron chi connectivity index (χ3n) is 11.6. The number of rotatable bonds is 13. The number of nitrogens with zero attached hydrogens (tertiary/aromatic N) is 1. The molecule has 0 aromatic carbocycles. The minimum atomic E-state index is -0.996. The number of Topliss-reactive ketones (excluding diaryl/α,β-unsaturated/α-hetero) is 1. The Morgan fingerprint density at radius 1 is 0.898 bits per heavy atom. The van der Waals surface area contributed by atoms with Crippen molar-refractivity contribution in [3.05, 3.63) is 12.7 Å². The average molecular weight is 684 g/mol. The fourth-order valence-corrected chi connectivity index (χ4v) is 7.99. The second-order valence-corrected chi connectivity index (χ2v) is 18.2. The summed E-state index contributed by atoms with van der Waals surface area (Å²) in [6, 6.07) is -3.66. The molecule has 11 heteroatoms. The summed E-state index contributed by atoms with van der Waals surface area (Å²) in [5.41, 5.74) is -2.10. The summed E-state index contributed by atoms with van der Waals surface area (Å²) in [5, 5.41) is 11.5. The van der Waals surface area contributed by atoms with E-state index in [1.54, 1.807) is 4.90 Å². The van der Waals surface area contributed by atoms with Gasteiger partial charge in [0.15, 0.2) is 0 Å². The van der Waals surface area contributed by atoms with Crippen molar-refractivity contribution in [1.29, 1.82) is 0 Å². The number of amides is 5. The zero-order valence-electron chi connectivity index (χ0n) is 31.3. The van der Waals surface area contributed by atoms with Crippen molar-refractivity contribution >= 4 is 35.3 Å². The van der Waals surface area contributed by atoms with Crippen LogP contribution >= 0.6 is 0 Å². The Morgan fingerprint density at radius 2 is 1.51 bits per heavy atom. The van der Waals surface area contributed by atoms with E-state index >= 15 is 0 Å². The van der Waals surface area contributed by atoms with Crippen LogP contribution in [0.2, 0.25) is 0 Å². The monoisotopic (exact) mass is 683 g/mol. The molecule has 4 rings (SSSR count). The second-order valence-electron chi connectivity index (χ2n) is 18.2. The first-order chi connectivity index (χ1) is 22.6. The van der Waals surface area contributed by atoms with Gasteiger partial charge < -0.3 is 26.2 Å². The number of likely N-dealkylation sites (tertiary alicyclic amines) is 1. The van der Waals surface area contributed by atoms with Crippen LogP contribution < -0.4 is 21.3 Å². The lowest BCUT2D eigenvalue weighted by atomic mass is 9.69. The van der Waals surface area contributed by atoms with Crippen molar-refractivity contribution in [2.45, 2.75) is 138 Å². The van der Waals surface area contributed by atoms with E-state index in [1.165, 1.54) is 6.08 Å². The van der Waals surface area contributed by atoms with Crippen LogP contribution in [0.3, 0.4) is 0 Å². The highest BCUT2D eigenvalue weighted by atomic mass is 16.2. The average Bonchev–Trinajstić information content (AvgIpc) is 3.86. The molecule has 1 saturated heterocycles. The fraction of sp³-hybridized carbons (Fsp3) is 0.789. The lowest BCUT2D eigenvalue weighted by Gasteiger charge is -2.43. The van der Waals surface area contributed by atoms with Gasteiger partial charge in [-0.1, -0.05) is 100 Å². The number of nitrogens with one attached hydrogen (secondary N) is 4. The lowest BCUT2D eigenvalue weighted by molar-refractivity contribution is -0.147. The molecule has 4 N–H and O–H groups in total. The van der Waals surface area contributed by atoms with Crippen molar-refractivity contribution in [2.24, 2.45) is 39.4 Å². The van der Waals surface area contributed by atoms with E-state index in [4.69, 9.17) is 0 Å². The summed E-state index contributed by atoms with van der Waals surface area (Å²) >= 11 is 0. The number of fused-ring (bicyclic) bond motifs is 1. The zero-order chi connectivity index (χ0) is 36.7. The summed E-state index contributed by atoms with van der Waals surface area (Å²) < 4.78 is 0. The molecule has 49 heavy (non-hydrogen) atoms. The highest BCUT2D eigenvalue weighted by molar-refractivity contribution is 6.38. The van der Waals surface area contributed by atoms with Gasteiger partial charge in [0, 0.05) is 18.5 Å². The van der Waals surface area contributed by atoms with Crippen molar-refractivity contribution in [3.63, 3.8) is 0 Å². The SMILES string of the molecule is C=CCNC(=O)C(=O)C(CC1CC1)NC(=O)[C@@H]1C2C(CN1C(=O)[C@@H](NC(=O)[C@@H](NC(=O)C(C)(C)C)C1(C)CCCCC1)C(C)(C)C)C2(C)C. The van der Waals surface area contributed by atoms with Crippen molar-refractivity contribution in [1.82, 2.24) is 26.2 Å². The van der Waals surface area contributed by atoms with Crippen LogP contribution in [0.4, 0.5) is 0 Å². The predicted molar refractivity (Wildman–Crippen MR) is 188 cm³/mol. The van der Waals surface area contributed by atoms with Crippen molar-refractivity contribution in [2.75, 3.05) is 13.1 Å². The Labute approximate surface area is 292 Å². The van der Waals surface area contributed by atoms with E-state index < -0.39 is 63.9 Å². The van der Waals surface area contributed by atoms with Gasteiger partial charge in [-0.15, -0.1) is 6.58 Å². The van der Waals surface area contributed by atoms with E-state index in [0.29, 0.717) is 13.0 Å². The summed E-state index contributed by atoms with van der Waals surface area (Å²) in [6.07, 6.45) is 8.26. The van der Waals surface area contributed by atoms with Gasteiger partial charge in [0.05, 0.1) is 6.04 Å². The number of hydrogen-bond donors (Lipinski definition) is 4. The first kappa shape index (κ1) is 38.6. The molecule has 4 aliphatic rings. The Morgan fingerprint density at radius 3 is 2.04 bits per heavy atom. The molecule has 1 aliphatic heterocycles. The van der Waals surface area contributed by atoms with E-state index in [0.717, 1.165) is 44.9 Å². The van der Waals surface area contributed by atoms with Gasteiger partial charge in [0.25, 0.3) is 5.91 Å². The summed E-state index contributed by atoms with van der Waals surface area (Å²) in [4.78, 5) is 83.7. The molecule has 5 amide bonds. The molecule has 3 aliphatic carbocycles. The van der Waals surface area contributed by atoms with Gasteiger partial charge in [0.2, 0.25) is 29.4 Å². The van der Waals surface area contributed by atoms with Gasteiger partial charge in [-0.05, 0) is 53.3 Å². The minimum Gasteiger partial charge on any atom is -0.346 e. The fourth-order valence-electron chi connectivity index (χ4n) is 7.99. The Balaban J connectivity index is 1.59. The van der Waals surface area contributed by atoms with E-state index in [1.807, 2.05) is 48.5 Å². The lowest BCUT2D eigenvalue weighted by Crippen LogP contribution is -2.64. The Hall–Kier alpha value is -3.24. The quantitative estimate of drug-likeness (QED) is 0.172. The van der Waals surface area contributed by atoms with Gasteiger partial charge in [-0.25, -0.2) is 0 Å². The highest BCUT2D eigenvalue weighted by Gasteiger charge is 2.70. The molecule has 1 heterocycles. The molecule has 11 nitrogen and oxygen atoms in total. The van der Waals surface area contributed by atoms with Crippen LogP contribution in [0.1, 0.15) is 114 Å². The van der Waals surface area contributed by atoms with E-state index in [9.17, 15) is 28.8 Å². The summed E-state index contributed by atoms with van der Waals surface area (Å²) in [5.74, 6) is -2.72. The zero-order valence-corrected chi connectivity index (χ0v) is 31.3. The molecule has 0 spiro atoms. The molecule has 0 bridgehead atoms. The maximum Gasteiger partial charge on any atom is 0.289 e. The first-order valence-electron chi connectivity index (χ1n) is 18.3. The molecule has 4 fully saturated rings. The molecule has 274 valence electrons. The molecule has 0 aromatic heterocycles. The van der Waals surface area contributed by atoms with Gasteiger partial charge in [-0.3, -0.25) is 28.8 Å². The number of ketones is 1. The van der Waals surface area contributed by atoms with E-state index in [-0.39, 0.29) is 41.5 Å². The molecule has 0 aromatic rings. The van der Waals surface area contributed by atoms with Crippen molar-refractivity contribution in [3.8, 4) is 0 Å². The van der Waals surface area contributed by atoms with Gasteiger partial charge in [-0.2, -0.15) is 0 Å². The molecule has 3 saturated carbocycles. The maximum absolute atomic E-state index is 14.6. The smallest absolute Gasteiger partial charge is 0.289 e. The van der Waals surface area contributed by atoms with Crippen molar-refractivity contribution < 1.29 is 28.8 Å². The van der Waals surface area contributed by atoms with Crippen LogP contribution in [0.5, 0.6) is 0 Å². The van der Waals surface area contributed by atoms with Crippen LogP contribution in [-0.4, -0.2) is 77.5 Å². The molecule has 6 atom stereocenters. The van der Waals surface area contributed by atoms with E-state index in [2.05, 4.69) is 41.7 Å². The van der Waals surface area contributed by atoms with Gasteiger partial charge in [0.1, 0.15) is 18.1 Å². The maximum atomic E-state index is 14.6. The molecule has 3 unspecified atom stereocenters. The molecular formula is C38H61N5O6. The number of hydrogen-bond acceptors (Lipinski definition) is 6. The molecule has 0 radical (unpaired) electrons. The largest absolute Gasteiger partial charge is 0.346 e. The normalized spacial score (nSPS) is 25.9. The number of carbonyl (C=O) groups is 6. The van der Waals surface area contributed by atoms with Crippen LogP contribution in [0.15, 0.2) is 12.7 Å². The Kier molecular flexibility index (Phi) is 11.2. The number of carbonyl (C=O) groups excluding carboxylic acids is 6. The molecular weight excluding hydrogens is 622 g/mol. The van der Waals surface area contributed by atoms with Crippen LogP contribution in [0, 0.1) is 39.4 Å². The summed E-state index contributed by atoms with van der Waals surface area (Å²) in [6.45, 7) is 21.3. The third kappa shape index (κ3) is 8.56. The van der Waals surface area contributed by atoms with Crippen LogP contribution in [-0.2, 0) is 28.8 Å². The topological polar surface area (TPSA) is 154 Å². The standard InChI is InChI=1S/C38H61N5O6/c1-11-19-39-31(46)27(44)24(20-22-15-16-22)40-30(45)26-25-23(37(25,8)9)21-43(26)33(48)29(35(2,3)4)41-32(47)28(42-34(49)36(5,6)7)38(10)17-13-12-14-18-38/h11,22-26,28-29H,1,12-21H2,2-10H3,(H,39,46)(H,40,45)(H,41,47)(H,42,49)/t23?,24?,25?,26-,28+,29+/m0/s1. The summed E-state index contributed by atoms with van der Waals surface area (Å²) in [7, 11) is 0. The van der Waals surface area contributed by atoms with Crippen LogP contribution in [0.25, 0.3) is 0 Å². The second kappa shape index (κ2) is 14.2.